The van der Waals surface area contributed by atoms with Crippen LogP contribution in [0.25, 0.3) is 49.2 Å². The van der Waals surface area contributed by atoms with Crippen LogP contribution < -0.4 is 0 Å². The van der Waals surface area contributed by atoms with Gasteiger partial charge in [-0.3, -0.25) is 0 Å². The molecular weight excluding hydrogens is 350 g/mol. The van der Waals surface area contributed by atoms with Gasteiger partial charge in [-0.2, -0.15) is 0 Å². The van der Waals surface area contributed by atoms with Gasteiger partial charge < -0.3 is 4.40 Å². The van der Waals surface area contributed by atoms with Crippen molar-refractivity contribution in [2.24, 2.45) is 0 Å². The lowest BCUT2D eigenvalue weighted by Gasteiger charge is -2.32. The molecule has 1 heteroatoms. The van der Waals surface area contributed by atoms with Gasteiger partial charge in [-0.05, 0) is 41.3 Å². The van der Waals surface area contributed by atoms with Gasteiger partial charge in [0.1, 0.15) is 0 Å². The van der Waals surface area contributed by atoms with E-state index in [2.05, 4.69) is 98.0 Å². The summed E-state index contributed by atoms with van der Waals surface area (Å²) in [6, 6.07) is 27.4. The fourth-order valence-corrected chi connectivity index (χ4v) is 5.68. The molecule has 1 nitrogen and oxygen atoms in total. The fraction of sp³-hybridized carbons (Fsp3) is 0.143. The molecule has 1 aliphatic heterocycles. The molecule has 138 valence electrons. The van der Waals surface area contributed by atoms with E-state index < -0.39 is 0 Å². The van der Waals surface area contributed by atoms with Crippen LogP contribution in [0, 0.1) is 6.92 Å². The Balaban J connectivity index is 1.76. The Labute approximate surface area is 169 Å². The monoisotopic (exact) mass is 371 g/mol. The zero-order valence-electron chi connectivity index (χ0n) is 16.9. The quantitative estimate of drug-likeness (QED) is 0.283. The second kappa shape index (κ2) is 4.80. The van der Waals surface area contributed by atoms with E-state index in [1.54, 1.807) is 0 Å². The van der Waals surface area contributed by atoms with E-state index in [0.717, 1.165) is 0 Å². The Hall–Kier alpha value is -3.32. The fourth-order valence-electron chi connectivity index (χ4n) is 5.68. The predicted octanol–water partition coefficient (Wildman–Crippen LogP) is 7.45. The molecular formula is C28H21N. The number of nitrogens with zero attached hydrogens (tertiary/aromatic N) is 1. The van der Waals surface area contributed by atoms with Gasteiger partial charge in [-0.1, -0.05) is 80.1 Å². The maximum absolute atomic E-state index is 2.55. The Morgan fingerprint density at radius 2 is 1.21 bits per heavy atom. The molecule has 4 aromatic carbocycles. The first-order chi connectivity index (χ1) is 14.1. The highest BCUT2D eigenvalue weighted by Gasteiger charge is 2.35. The van der Waals surface area contributed by atoms with E-state index in [4.69, 9.17) is 0 Å². The van der Waals surface area contributed by atoms with Crippen molar-refractivity contribution in [1.29, 1.82) is 0 Å². The Morgan fingerprint density at radius 1 is 0.586 bits per heavy atom. The van der Waals surface area contributed by atoms with Gasteiger partial charge in [0.2, 0.25) is 0 Å². The molecule has 29 heavy (non-hydrogen) atoms. The number of fused-ring (bicyclic) bond motifs is 2. The molecule has 1 aliphatic rings. The van der Waals surface area contributed by atoms with E-state index in [0.29, 0.717) is 0 Å². The summed E-state index contributed by atoms with van der Waals surface area (Å²) in [5.74, 6) is 0. The topological polar surface area (TPSA) is 4.41 Å². The van der Waals surface area contributed by atoms with Crippen LogP contribution in [0.4, 0.5) is 0 Å². The molecule has 0 bridgehead atoms. The van der Waals surface area contributed by atoms with Gasteiger partial charge in [0.15, 0.2) is 0 Å². The van der Waals surface area contributed by atoms with Gasteiger partial charge in [-0.25, -0.2) is 0 Å². The second-order valence-electron chi connectivity index (χ2n) is 9.15. The Bertz CT molecular complexity index is 1610. The van der Waals surface area contributed by atoms with Gasteiger partial charge in [0.25, 0.3) is 0 Å². The average molecular weight is 371 g/mol. The SMILES string of the molecule is Cc1ccc(-c2cc3c4c(c2)c2cccc5c6cccc(c6n4c52)C3(C)C)cc1. The Kier molecular flexibility index (Phi) is 2.58. The summed E-state index contributed by atoms with van der Waals surface area (Å²) in [7, 11) is 0. The van der Waals surface area contributed by atoms with Crippen molar-refractivity contribution in [3.8, 4) is 11.1 Å². The number of hydrogen-bond donors (Lipinski definition) is 0. The molecule has 0 saturated carbocycles. The summed E-state index contributed by atoms with van der Waals surface area (Å²) < 4.78 is 2.55. The van der Waals surface area contributed by atoms with Crippen molar-refractivity contribution in [3.05, 3.63) is 89.5 Å². The maximum Gasteiger partial charge on any atom is 0.0620 e. The average Bonchev–Trinajstić information content (AvgIpc) is 3.24. The maximum atomic E-state index is 2.55. The van der Waals surface area contributed by atoms with E-state index in [1.165, 1.54) is 65.9 Å². The first kappa shape index (κ1) is 15.6. The summed E-state index contributed by atoms with van der Waals surface area (Å²) in [6.07, 6.45) is 0. The molecule has 0 spiro atoms. The van der Waals surface area contributed by atoms with Gasteiger partial charge in [0, 0.05) is 27.0 Å². The lowest BCUT2D eigenvalue weighted by atomic mass is 9.74. The molecule has 0 atom stereocenters. The molecule has 0 N–H and O–H groups in total. The van der Waals surface area contributed by atoms with Gasteiger partial charge in [0.05, 0.1) is 16.6 Å². The van der Waals surface area contributed by atoms with Crippen molar-refractivity contribution >= 4 is 38.1 Å². The van der Waals surface area contributed by atoms with Gasteiger partial charge >= 0.3 is 0 Å². The summed E-state index contributed by atoms with van der Waals surface area (Å²) in [5, 5.41) is 5.50. The smallest absolute Gasteiger partial charge is 0.0620 e. The number of para-hydroxylation sites is 2. The van der Waals surface area contributed by atoms with Crippen LogP contribution in [-0.2, 0) is 5.41 Å². The second-order valence-corrected chi connectivity index (χ2v) is 9.15. The minimum absolute atomic E-state index is 0.0362. The first-order valence-corrected chi connectivity index (χ1v) is 10.4. The number of aromatic nitrogens is 1. The molecule has 3 heterocycles. The molecule has 0 aliphatic carbocycles. The summed E-state index contributed by atoms with van der Waals surface area (Å²) >= 11 is 0. The lowest BCUT2D eigenvalue weighted by molar-refractivity contribution is 0.643. The Morgan fingerprint density at radius 3 is 1.97 bits per heavy atom. The third kappa shape index (κ3) is 1.69. The minimum atomic E-state index is -0.0362. The van der Waals surface area contributed by atoms with Crippen LogP contribution >= 0.6 is 0 Å². The van der Waals surface area contributed by atoms with Crippen LogP contribution in [-0.4, -0.2) is 4.40 Å². The molecule has 0 saturated heterocycles. The molecule has 2 aromatic heterocycles. The standard InChI is InChI=1S/C28H21N/c1-16-10-12-17(13-11-16)18-14-22-21-7-4-6-19-20-8-5-9-23-26(20)29(25(19)21)27(22)24(15-18)28(23,2)3/h4-15H,1-3H3. The highest BCUT2D eigenvalue weighted by molar-refractivity contribution is 6.25. The number of benzene rings is 4. The largest absolute Gasteiger partial charge is 0.307 e. The van der Waals surface area contributed by atoms with E-state index in [-0.39, 0.29) is 5.41 Å². The predicted molar refractivity (Wildman–Crippen MR) is 123 cm³/mol. The minimum Gasteiger partial charge on any atom is -0.307 e. The zero-order chi connectivity index (χ0) is 19.5. The van der Waals surface area contributed by atoms with Gasteiger partial charge in [-0.15, -0.1) is 0 Å². The molecule has 0 radical (unpaired) electrons. The normalized spacial score (nSPS) is 15.0. The lowest BCUT2D eigenvalue weighted by Crippen LogP contribution is -2.23. The molecule has 7 rings (SSSR count). The number of hydrogen-bond acceptors (Lipinski definition) is 0. The van der Waals surface area contributed by atoms with Crippen molar-refractivity contribution in [3.63, 3.8) is 0 Å². The van der Waals surface area contributed by atoms with Crippen molar-refractivity contribution in [2.45, 2.75) is 26.2 Å². The van der Waals surface area contributed by atoms with Crippen molar-refractivity contribution < 1.29 is 0 Å². The van der Waals surface area contributed by atoms with Crippen LogP contribution in [0.2, 0.25) is 0 Å². The van der Waals surface area contributed by atoms with E-state index in [9.17, 15) is 0 Å². The molecule has 0 unspecified atom stereocenters. The molecule has 0 amide bonds. The molecule has 0 fully saturated rings. The third-order valence-corrected chi connectivity index (χ3v) is 7.16. The first-order valence-electron chi connectivity index (χ1n) is 10.4. The third-order valence-electron chi connectivity index (χ3n) is 7.16. The van der Waals surface area contributed by atoms with Crippen molar-refractivity contribution in [2.75, 3.05) is 0 Å². The summed E-state index contributed by atoms with van der Waals surface area (Å²) in [6.45, 7) is 6.92. The van der Waals surface area contributed by atoms with Crippen LogP contribution in [0.1, 0.15) is 30.5 Å². The van der Waals surface area contributed by atoms with Crippen LogP contribution in [0.3, 0.4) is 0 Å². The highest BCUT2D eigenvalue weighted by atomic mass is 14.9. The highest BCUT2D eigenvalue weighted by Crippen LogP contribution is 2.51. The summed E-state index contributed by atoms with van der Waals surface area (Å²) in [5.41, 5.74) is 10.9. The number of rotatable bonds is 1. The van der Waals surface area contributed by atoms with Crippen LogP contribution in [0.5, 0.6) is 0 Å². The molecule has 6 aromatic rings. The zero-order valence-corrected chi connectivity index (χ0v) is 16.9. The number of aryl methyl sites for hydroxylation is 1. The van der Waals surface area contributed by atoms with Crippen LogP contribution in [0.15, 0.2) is 72.8 Å². The summed E-state index contributed by atoms with van der Waals surface area (Å²) in [4.78, 5) is 0. The van der Waals surface area contributed by atoms with E-state index >= 15 is 0 Å². The van der Waals surface area contributed by atoms with Crippen molar-refractivity contribution in [1.82, 2.24) is 4.40 Å². The van der Waals surface area contributed by atoms with E-state index in [1.807, 2.05) is 0 Å².